The van der Waals surface area contributed by atoms with E-state index in [9.17, 15) is 13.2 Å². The van der Waals surface area contributed by atoms with Gasteiger partial charge in [0.15, 0.2) is 0 Å². The number of halogens is 1. The van der Waals surface area contributed by atoms with Crippen molar-refractivity contribution in [3.8, 4) is 0 Å². The molecule has 0 spiro atoms. The molecular weight excluding hydrogens is 312 g/mol. The minimum atomic E-state index is -3.84. The van der Waals surface area contributed by atoms with Gasteiger partial charge in [-0.15, -0.1) is 0 Å². The van der Waals surface area contributed by atoms with Gasteiger partial charge in [-0.3, -0.25) is 4.79 Å². The molecule has 0 saturated heterocycles. The van der Waals surface area contributed by atoms with Gasteiger partial charge in [-0.05, 0) is 30.5 Å². The quantitative estimate of drug-likeness (QED) is 0.869. The molecule has 7 heteroatoms. The highest BCUT2D eigenvalue weighted by atomic mass is 35.5. The molecule has 21 heavy (non-hydrogen) atoms. The molecule has 0 aromatic heterocycles. The van der Waals surface area contributed by atoms with Gasteiger partial charge in [-0.25, -0.2) is 13.6 Å². The van der Waals surface area contributed by atoms with Crippen molar-refractivity contribution in [3.63, 3.8) is 0 Å². The van der Waals surface area contributed by atoms with Crippen LogP contribution in [0.25, 0.3) is 0 Å². The molecule has 1 aliphatic carbocycles. The van der Waals surface area contributed by atoms with Crippen LogP contribution in [0, 0.1) is 5.92 Å². The number of hydrogen-bond acceptors (Lipinski definition) is 3. The Morgan fingerprint density at radius 3 is 2.57 bits per heavy atom. The summed E-state index contributed by atoms with van der Waals surface area (Å²) in [5.74, 6) is 0.574. The lowest BCUT2D eigenvalue weighted by molar-refractivity contribution is -0.116. The van der Waals surface area contributed by atoms with E-state index in [4.69, 9.17) is 16.7 Å². The molecule has 1 aromatic carbocycles. The minimum Gasteiger partial charge on any atom is -0.326 e. The van der Waals surface area contributed by atoms with Crippen LogP contribution in [-0.2, 0) is 14.8 Å². The SMILES string of the molecule is NS(=O)(=O)c1ccc(NC(=O)CCC2CCCC2)cc1Cl. The number of hydrogen-bond donors (Lipinski definition) is 2. The fraction of sp³-hybridized carbons (Fsp3) is 0.500. The number of carbonyl (C=O) groups is 1. The van der Waals surface area contributed by atoms with Gasteiger partial charge in [-0.1, -0.05) is 37.3 Å². The van der Waals surface area contributed by atoms with E-state index in [1.54, 1.807) is 0 Å². The molecule has 0 aliphatic heterocycles. The van der Waals surface area contributed by atoms with E-state index in [-0.39, 0.29) is 15.8 Å². The number of benzene rings is 1. The van der Waals surface area contributed by atoms with Crippen molar-refractivity contribution in [2.75, 3.05) is 5.32 Å². The average Bonchev–Trinajstić information content (AvgIpc) is 2.88. The maximum Gasteiger partial charge on any atom is 0.239 e. The van der Waals surface area contributed by atoms with Gasteiger partial charge in [0.1, 0.15) is 4.90 Å². The lowest BCUT2D eigenvalue weighted by Crippen LogP contribution is -2.14. The average molecular weight is 331 g/mol. The Hall–Kier alpha value is -1.11. The highest BCUT2D eigenvalue weighted by molar-refractivity contribution is 7.89. The van der Waals surface area contributed by atoms with Crippen molar-refractivity contribution in [1.29, 1.82) is 0 Å². The number of primary sulfonamides is 1. The van der Waals surface area contributed by atoms with E-state index in [2.05, 4.69) is 5.32 Å². The zero-order chi connectivity index (χ0) is 15.5. The first kappa shape index (κ1) is 16.3. The predicted octanol–water partition coefficient (Wildman–Crippen LogP) is 2.90. The lowest BCUT2D eigenvalue weighted by atomic mass is 10.0. The number of nitrogens with two attached hydrogens (primary N) is 1. The summed E-state index contributed by atoms with van der Waals surface area (Å²) in [4.78, 5) is 11.7. The number of amides is 1. The highest BCUT2D eigenvalue weighted by Gasteiger charge is 2.17. The Balaban J connectivity index is 1.93. The van der Waals surface area contributed by atoms with E-state index < -0.39 is 10.0 Å². The van der Waals surface area contributed by atoms with Crippen molar-refractivity contribution < 1.29 is 13.2 Å². The van der Waals surface area contributed by atoms with Crippen molar-refractivity contribution in [3.05, 3.63) is 23.2 Å². The Morgan fingerprint density at radius 1 is 1.33 bits per heavy atom. The standard InChI is InChI=1S/C14H19ClN2O3S/c15-12-9-11(6-7-13(12)21(16,19)20)17-14(18)8-5-10-3-1-2-4-10/h6-7,9-10H,1-5,8H2,(H,17,18)(H2,16,19,20). The van der Waals surface area contributed by atoms with E-state index in [1.165, 1.54) is 43.9 Å². The second kappa shape index (κ2) is 6.77. The van der Waals surface area contributed by atoms with Crippen molar-refractivity contribution in [2.45, 2.75) is 43.4 Å². The van der Waals surface area contributed by atoms with Crippen LogP contribution in [0.15, 0.2) is 23.1 Å². The normalized spacial score (nSPS) is 16.1. The van der Waals surface area contributed by atoms with Crippen LogP contribution in [0.1, 0.15) is 38.5 Å². The third-order valence-corrected chi connectivity index (χ3v) is 5.17. The fourth-order valence-corrected chi connectivity index (χ4v) is 3.76. The van der Waals surface area contributed by atoms with Gasteiger partial charge in [0.2, 0.25) is 15.9 Å². The summed E-state index contributed by atoms with van der Waals surface area (Å²) in [5.41, 5.74) is 0.476. The number of carbonyl (C=O) groups excluding carboxylic acids is 1. The molecule has 1 aromatic rings. The monoisotopic (exact) mass is 330 g/mol. The van der Waals surface area contributed by atoms with E-state index in [0.717, 1.165) is 6.42 Å². The minimum absolute atomic E-state index is 0.00564. The van der Waals surface area contributed by atoms with Gasteiger partial charge < -0.3 is 5.32 Å². The van der Waals surface area contributed by atoms with Crippen molar-refractivity contribution in [1.82, 2.24) is 0 Å². The molecule has 3 N–H and O–H groups in total. The molecule has 0 radical (unpaired) electrons. The summed E-state index contributed by atoms with van der Waals surface area (Å²) >= 11 is 5.87. The van der Waals surface area contributed by atoms with Crippen LogP contribution in [-0.4, -0.2) is 14.3 Å². The van der Waals surface area contributed by atoms with Crippen LogP contribution < -0.4 is 10.5 Å². The first-order chi connectivity index (χ1) is 9.86. The van der Waals surface area contributed by atoms with Gasteiger partial charge in [0.25, 0.3) is 0 Å². The lowest BCUT2D eigenvalue weighted by Gasteiger charge is -2.10. The van der Waals surface area contributed by atoms with Crippen LogP contribution in [0.3, 0.4) is 0 Å². The molecule has 0 bridgehead atoms. The molecule has 5 nitrogen and oxygen atoms in total. The summed E-state index contributed by atoms with van der Waals surface area (Å²) < 4.78 is 22.5. The Labute approximate surface area is 129 Å². The summed E-state index contributed by atoms with van der Waals surface area (Å²) in [5, 5.41) is 7.76. The molecule has 1 amide bonds. The zero-order valence-corrected chi connectivity index (χ0v) is 13.2. The first-order valence-corrected chi connectivity index (χ1v) is 8.91. The number of rotatable bonds is 5. The third kappa shape index (κ3) is 4.69. The maximum absolute atomic E-state index is 11.9. The Kier molecular flexibility index (Phi) is 5.24. The van der Waals surface area contributed by atoms with Crippen LogP contribution in [0.2, 0.25) is 5.02 Å². The fourth-order valence-electron chi connectivity index (χ4n) is 2.67. The van der Waals surface area contributed by atoms with Gasteiger partial charge >= 0.3 is 0 Å². The predicted molar refractivity (Wildman–Crippen MR) is 82.6 cm³/mol. The van der Waals surface area contributed by atoms with Crippen LogP contribution >= 0.6 is 11.6 Å². The van der Waals surface area contributed by atoms with Crippen LogP contribution in [0.4, 0.5) is 5.69 Å². The zero-order valence-electron chi connectivity index (χ0n) is 11.6. The molecule has 0 unspecified atom stereocenters. The van der Waals surface area contributed by atoms with E-state index in [0.29, 0.717) is 18.0 Å². The molecule has 1 aliphatic rings. The summed E-state index contributed by atoms with van der Waals surface area (Å²) in [6, 6.07) is 4.18. The molecule has 2 rings (SSSR count). The summed E-state index contributed by atoms with van der Waals surface area (Å²) in [6.45, 7) is 0. The molecular formula is C14H19ClN2O3S. The largest absolute Gasteiger partial charge is 0.326 e. The number of sulfonamides is 1. The van der Waals surface area contributed by atoms with Crippen LogP contribution in [0.5, 0.6) is 0 Å². The third-order valence-electron chi connectivity index (χ3n) is 3.78. The van der Waals surface area contributed by atoms with Gasteiger partial charge in [0, 0.05) is 12.1 Å². The number of nitrogens with one attached hydrogen (secondary N) is 1. The molecule has 0 heterocycles. The smallest absolute Gasteiger partial charge is 0.239 e. The molecule has 1 fully saturated rings. The van der Waals surface area contributed by atoms with Gasteiger partial charge in [0.05, 0.1) is 5.02 Å². The Morgan fingerprint density at radius 2 is 2.00 bits per heavy atom. The summed E-state index contributed by atoms with van der Waals surface area (Å²) in [6.07, 6.45) is 6.31. The molecule has 1 saturated carbocycles. The topological polar surface area (TPSA) is 89.3 Å². The van der Waals surface area contributed by atoms with Crippen molar-refractivity contribution in [2.24, 2.45) is 11.1 Å². The molecule has 0 atom stereocenters. The van der Waals surface area contributed by atoms with E-state index in [1.807, 2.05) is 0 Å². The first-order valence-electron chi connectivity index (χ1n) is 6.98. The summed E-state index contributed by atoms with van der Waals surface area (Å²) in [7, 11) is -3.84. The van der Waals surface area contributed by atoms with Crippen molar-refractivity contribution >= 4 is 33.2 Å². The second-order valence-corrected chi connectivity index (χ2v) is 7.36. The highest BCUT2D eigenvalue weighted by Crippen LogP contribution is 2.29. The maximum atomic E-state index is 11.9. The Bertz CT molecular complexity index is 625. The van der Waals surface area contributed by atoms with Gasteiger partial charge in [-0.2, -0.15) is 0 Å². The molecule has 116 valence electrons. The van der Waals surface area contributed by atoms with E-state index >= 15 is 0 Å². The number of anilines is 1. The second-order valence-electron chi connectivity index (χ2n) is 5.43.